The van der Waals surface area contributed by atoms with Crippen LogP contribution in [0.2, 0.25) is 0 Å². The Labute approximate surface area is 151 Å². The summed E-state index contributed by atoms with van der Waals surface area (Å²) in [5.74, 6) is 0.510. The van der Waals surface area contributed by atoms with Crippen LogP contribution in [0.3, 0.4) is 0 Å². The summed E-state index contributed by atoms with van der Waals surface area (Å²) in [5.41, 5.74) is 1.29. The highest BCUT2D eigenvalue weighted by Gasteiger charge is 2.22. The molecule has 1 amide bonds. The molecule has 0 saturated heterocycles. The van der Waals surface area contributed by atoms with Crippen molar-refractivity contribution in [1.29, 1.82) is 0 Å². The molecule has 0 atom stereocenters. The van der Waals surface area contributed by atoms with Crippen LogP contribution in [-0.4, -0.2) is 44.8 Å². The van der Waals surface area contributed by atoms with Crippen LogP contribution >= 0.6 is 0 Å². The van der Waals surface area contributed by atoms with Gasteiger partial charge in [0.05, 0.1) is 11.3 Å². The van der Waals surface area contributed by atoms with E-state index < -0.39 is 10.0 Å². The Balaban J connectivity index is 1.66. The van der Waals surface area contributed by atoms with E-state index >= 15 is 0 Å². The van der Waals surface area contributed by atoms with Gasteiger partial charge in [0.15, 0.2) is 5.82 Å². The molecule has 0 spiro atoms. The van der Waals surface area contributed by atoms with Gasteiger partial charge in [0, 0.05) is 25.9 Å². The molecule has 3 N–H and O–H groups in total. The van der Waals surface area contributed by atoms with Crippen LogP contribution in [0.5, 0.6) is 0 Å². The highest BCUT2D eigenvalue weighted by atomic mass is 32.2. The summed E-state index contributed by atoms with van der Waals surface area (Å²) < 4.78 is 32.3. The van der Waals surface area contributed by atoms with E-state index in [1.807, 2.05) is 0 Å². The fraction of sp³-hybridized carbons (Fsp3) is 0.312. The van der Waals surface area contributed by atoms with E-state index in [0.29, 0.717) is 30.2 Å². The number of aromatic nitrogens is 2. The topological polar surface area (TPSA) is 122 Å². The first-order chi connectivity index (χ1) is 12.5. The van der Waals surface area contributed by atoms with Crippen molar-refractivity contribution >= 4 is 33.3 Å². The van der Waals surface area contributed by atoms with Gasteiger partial charge in [0.1, 0.15) is 5.82 Å². The van der Waals surface area contributed by atoms with Gasteiger partial charge < -0.3 is 15.4 Å². The van der Waals surface area contributed by atoms with Crippen molar-refractivity contribution < 1.29 is 17.9 Å². The van der Waals surface area contributed by atoms with Crippen molar-refractivity contribution in [2.24, 2.45) is 0 Å². The SMILES string of the molecule is COCCCNc1ccc(NS(=O)(=O)c2ccc3c(c2)CC(=O)N3)nn1. The van der Waals surface area contributed by atoms with E-state index in [-0.39, 0.29) is 23.0 Å². The second-order valence-corrected chi connectivity index (χ2v) is 7.41. The summed E-state index contributed by atoms with van der Waals surface area (Å²) in [4.78, 5) is 11.5. The van der Waals surface area contributed by atoms with Crippen molar-refractivity contribution in [3.05, 3.63) is 35.9 Å². The zero-order valence-corrected chi connectivity index (χ0v) is 15.0. The lowest BCUT2D eigenvalue weighted by Crippen LogP contribution is -2.15. The maximum atomic E-state index is 12.5. The van der Waals surface area contributed by atoms with Crippen LogP contribution in [-0.2, 0) is 26.0 Å². The average molecular weight is 377 g/mol. The average Bonchev–Trinajstić information content (AvgIpc) is 2.99. The smallest absolute Gasteiger partial charge is 0.263 e. The molecule has 0 bridgehead atoms. The molecule has 0 saturated carbocycles. The maximum absolute atomic E-state index is 12.5. The second-order valence-electron chi connectivity index (χ2n) is 5.73. The zero-order valence-electron chi connectivity index (χ0n) is 14.2. The molecular formula is C16H19N5O4S. The van der Waals surface area contributed by atoms with Gasteiger partial charge in [0.25, 0.3) is 10.0 Å². The number of ether oxygens (including phenoxy) is 1. The number of fused-ring (bicyclic) bond motifs is 1. The third-order valence-corrected chi connectivity index (χ3v) is 5.10. The third kappa shape index (κ3) is 4.27. The number of sulfonamides is 1. The van der Waals surface area contributed by atoms with Gasteiger partial charge in [-0.05, 0) is 42.3 Å². The van der Waals surface area contributed by atoms with Crippen molar-refractivity contribution in [2.75, 3.05) is 35.6 Å². The van der Waals surface area contributed by atoms with Crippen LogP contribution in [0.4, 0.5) is 17.3 Å². The normalized spacial score (nSPS) is 13.2. The summed E-state index contributed by atoms with van der Waals surface area (Å²) in [5, 5.41) is 13.5. The number of hydrogen-bond acceptors (Lipinski definition) is 7. The molecule has 2 heterocycles. The number of benzene rings is 1. The number of carbonyl (C=O) groups excluding carboxylic acids is 1. The first-order valence-corrected chi connectivity index (χ1v) is 9.48. The molecule has 1 aromatic carbocycles. The number of hydrogen-bond donors (Lipinski definition) is 3. The highest BCUT2D eigenvalue weighted by Crippen LogP contribution is 2.26. The van der Waals surface area contributed by atoms with Crippen LogP contribution in [0.15, 0.2) is 35.2 Å². The number of nitrogens with one attached hydrogen (secondary N) is 3. The monoisotopic (exact) mass is 377 g/mol. The molecule has 0 unspecified atom stereocenters. The Kier molecular flexibility index (Phi) is 5.33. The van der Waals surface area contributed by atoms with Gasteiger partial charge in [-0.3, -0.25) is 9.52 Å². The molecule has 9 nitrogen and oxygen atoms in total. The fourth-order valence-corrected chi connectivity index (χ4v) is 3.53. The van der Waals surface area contributed by atoms with Crippen molar-refractivity contribution in [3.8, 4) is 0 Å². The number of amides is 1. The van der Waals surface area contributed by atoms with Gasteiger partial charge in [-0.2, -0.15) is 0 Å². The predicted molar refractivity (Wildman–Crippen MR) is 96.6 cm³/mol. The summed E-state index contributed by atoms with van der Waals surface area (Å²) in [7, 11) is -2.18. The van der Waals surface area contributed by atoms with Crippen LogP contribution < -0.4 is 15.4 Å². The highest BCUT2D eigenvalue weighted by molar-refractivity contribution is 7.92. The van der Waals surface area contributed by atoms with Gasteiger partial charge in [-0.1, -0.05) is 0 Å². The molecule has 1 aromatic heterocycles. The summed E-state index contributed by atoms with van der Waals surface area (Å²) in [6.07, 6.45) is 0.990. The Morgan fingerprint density at radius 1 is 1.19 bits per heavy atom. The van der Waals surface area contributed by atoms with Crippen LogP contribution in [0.25, 0.3) is 0 Å². The number of anilines is 3. The minimum Gasteiger partial charge on any atom is -0.385 e. The molecule has 0 fully saturated rings. The first kappa shape index (κ1) is 18.1. The Morgan fingerprint density at radius 3 is 2.69 bits per heavy atom. The zero-order chi connectivity index (χ0) is 18.6. The van der Waals surface area contributed by atoms with E-state index in [9.17, 15) is 13.2 Å². The number of rotatable bonds is 8. The molecular weight excluding hydrogens is 358 g/mol. The van der Waals surface area contributed by atoms with Crippen LogP contribution in [0.1, 0.15) is 12.0 Å². The molecule has 1 aliphatic heterocycles. The molecule has 138 valence electrons. The van der Waals surface area contributed by atoms with Crippen molar-refractivity contribution in [1.82, 2.24) is 10.2 Å². The Hall–Kier alpha value is -2.72. The van der Waals surface area contributed by atoms with Gasteiger partial charge in [-0.15, -0.1) is 10.2 Å². The largest absolute Gasteiger partial charge is 0.385 e. The molecule has 0 radical (unpaired) electrons. The maximum Gasteiger partial charge on any atom is 0.263 e. The molecule has 0 aliphatic carbocycles. The summed E-state index contributed by atoms with van der Waals surface area (Å²) in [6, 6.07) is 7.67. The Bertz CT molecular complexity index is 899. The van der Waals surface area contributed by atoms with Crippen molar-refractivity contribution in [3.63, 3.8) is 0 Å². The number of nitrogens with zero attached hydrogens (tertiary/aromatic N) is 2. The molecule has 3 rings (SSSR count). The first-order valence-electron chi connectivity index (χ1n) is 8.00. The lowest BCUT2D eigenvalue weighted by molar-refractivity contribution is -0.115. The molecule has 1 aliphatic rings. The number of carbonyl (C=O) groups is 1. The summed E-state index contributed by atoms with van der Waals surface area (Å²) >= 11 is 0. The second kappa shape index (κ2) is 7.67. The van der Waals surface area contributed by atoms with Gasteiger partial charge in [0.2, 0.25) is 5.91 Å². The van der Waals surface area contributed by atoms with Gasteiger partial charge >= 0.3 is 0 Å². The number of methoxy groups -OCH3 is 1. The lowest BCUT2D eigenvalue weighted by atomic mass is 10.2. The quantitative estimate of drug-likeness (QED) is 0.591. The molecule has 10 heteroatoms. The third-order valence-electron chi connectivity index (χ3n) is 3.75. The van der Waals surface area contributed by atoms with Crippen LogP contribution in [0, 0.1) is 0 Å². The van der Waals surface area contributed by atoms with E-state index in [0.717, 1.165) is 6.42 Å². The lowest BCUT2D eigenvalue weighted by Gasteiger charge is -2.09. The minimum atomic E-state index is -3.82. The molecule has 2 aromatic rings. The molecule has 26 heavy (non-hydrogen) atoms. The standard InChI is InChI=1S/C16H19N5O4S/c1-25-8-2-7-17-14-5-6-15(20-19-14)21-26(23,24)12-3-4-13-11(9-12)10-16(22)18-13/h3-6,9H,2,7-8,10H2,1H3,(H,17,19)(H,18,22)(H,20,21). The van der Waals surface area contributed by atoms with E-state index in [1.165, 1.54) is 18.2 Å². The van der Waals surface area contributed by atoms with Gasteiger partial charge in [-0.25, -0.2) is 8.42 Å². The summed E-state index contributed by atoms with van der Waals surface area (Å²) in [6.45, 7) is 1.32. The minimum absolute atomic E-state index is 0.0660. The fourth-order valence-electron chi connectivity index (χ4n) is 2.48. The Morgan fingerprint density at radius 2 is 1.96 bits per heavy atom. The van der Waals surface area contributed by atoms with E-state index in [4.69, 9.17) is 4.74 Å². The predicted octanol–water partition coefficient (Wildman–Crippen LogP) is 1.22. The van der Waals surface area contributed by atoms with Crippen molar-refractivity contribution in [2.45, 2.75) is 17.7 Å². The van der Waals surface area contributed by atoms with E-state index in [2.05, 4.69) is 25.6 Å². The van der Waals surface area contributed by atoms with E-state index in [1.54, 1.807) is 19.2 Å².